The Labute approximate surface area is 100 Å². The summed E-state index contributed by atoms with van der Waals surface area (Å²) in [6, 6.07) is -0.204. The first kappa shape index (κ1) is 11.8. The Morgan fingerprint density at radius 2 is 1.88 bits per heavy atom. The van der Waals surface area contributed by atoms with Gasteiger partial charge in [0.05, 0.1) is 0 Å². The van der Waals surface area contributed by atoms with Gasteiger partial charge in [-0.1, -0.05) is 20.8 Å². The monoisotopic (exact) mass is 247 g/mol. The first-order valence-electron chi connectivity index (χ1n) is 6.48. The smallest absolute Gasteiger partial charge is 0.257 e. The first-order chi connectivity index (χ1) is 7.72. The van der Waals surface area contributed by atoms with Crippen LogP contribution in [-0.4, -0.2) is 36.1 Å². The molecule has 1 aliphatic carbocycles. The zero-order chi connectivity index (χ0) is 12.6. The molecule has 3 fully saturated rings. The highest BCUT2D eigenvalue weighted by molar-refractivity contribution is 5.21. The lowest BCUT2D eigenvalue weighted by Gasteiger charge is -2.29. The summed E-state index contributed by atoms with van der Waals surface area (Å²) in [7, 11) is 0. The number of alkyl halides is 3. The van der Waals surface area contributed by atoms with Crippen molar-refractivity contribution in [3.05, 3.63) is 0 Å². The Balaban J connectivity index is 1.79. The molecule has 0 aromatic rings. The molecule has 1 nitrogen and oxygen atoms in total. The lowest BCUT2D eigenvalue weighted by molar-refractivity contribution is 0.0330. The van der Waals surface area contributed by atoms with Gasteiger partial charge in [-0.2, -0.15) is 0 Å². The van der Waals surface area contributed by atoms with E-state index in [-0.39, 0.29) is 17.4 Å². The second kappa shape index (κ2) is 3.19. The summed E-state index contributed by atoms with van der Waals surface area (Å²) in [6.07, 6.45) is -0.217. The number of piperidine rings is 1. The first-order valence-corrected chi connectivity index (χ1v) is 6.48. The highest BCUT2D eigenvalue weighted by atomic mass is 19.3. The Kier molecular flexibility index (Phi) is 2.22. The second-order valence-corrected chi connectivity index (χ2v) is 7.20. The Hall–Kier alpha value is -0.250. The van der Waals surface area contributed by atoms with Crippen LogP contribution in [0.2, 0.25) is 0 Å². The van der Waals surface area contributed by atoms with Gasteiger partial charge in [0.2, 0.25) is 0 Å². The van der Waals surface area contributed by atoms with Crippen molar-refractivity contribution in [2.45, 2.75) is 45.3 Å². The normalized spacial score (nSPS) is 48.0. The molecule has 2 saturated heterocycles. The molecule has 3 aliphatic rings. The number of nitrogens with zero attached hydrogens (tertiary/aromatic N) is 1. The topological polar surface area (TPSA) is 3.24 Å². The van der Waals surface area contributed by atoms with Crippen molar-refractivity contribution in [1.82, 2.24) is 4.90 Å². The molecule has 0 N–H and O–H groups in total. The summed E-state index contributed by atoms with van der Waals surface area (Å²) in [4.78, 5) is 1.97. The van der Waals surface area contributed by atoms with Gasteiger partial charge in [-0.3, -0.25) is 4.90 Å². The van der Waals surface area contributed by atoms with Gasteiger partial charge >= 0.3 is 0 Å². The van der Waals surface area contributed by atoms with Crippen LogP contribution in [-0.2, 0) is 0 Å². The van der Waals surface area contributed by atoms with E-state index in [0.717, 1.165) is 0 Å². The molecule has 2 aliphatic heterocycles. The summed E-state index contributed by atoms with van der Waals surface area (Å²) in [5.41, 5.74) is 0.00722. The number of hydrogen-bond acceptors (Lipinski definition) is 1. The van der Waals surface area contributed by atoms with Crippen molar-refractivity contribution in [1.29, 1.82) is 0 Å². The predicted octanol–water partition coefficient (Wildman–Crippen LogP) is 2.96. The minimum atomic E-state index is -2.51. The molecule has 3 rings (SSSR count). The van der Waals surface area contributed by atoms with Crippen LogP contribution in [0.15, 0.2) is 0 Å². The molecular formula is C13H20F3N. The van der Waals surface area contributed by atoms with E-state index in [4.69, 9.17) is 0 Å². The van der Waals surface area contributed by atoms with Crippen molar-refractivity contribution in [3.63, 3.8) is 0 Å². The summed E-state index contributed by atoms with van der Waals surface area (Å²) in [5, 5.41) is 0. The van der Waals surface area contributed by atoms with Crippen molar-refractivity contribution in [2.75, 3.05) is 13.1 Å². The van der Waals surface area contributed by atoms with Crippen molar-refractivity contribution in [3.8, 4) is 0 Å². The fourth-order valence-corrected chi connectivity index (χ4v) is 3.98. The van der Waals surface area contributed by atoms with Crippen LogP contribution < -0.4 is 0 Å². The Morgan fingerprint density at radius 1 is 1.24 bits per heavy atom. The van der Waals surface area contributed by atoms with Crippen LogP contribution in [0.5, 0.6) is 0 Å². The number of halogens is 3. The summed E-state index contributed by atoms with van der Waals surface area (Å²) < 4.78 is 40.9. The zero-order valence-corrected chi connectivity index (χ0v) is 10.6. The third-order valence-corrected chi connectivity index (χ3v) is 4.64. The average molecular weight is 247 g/mol. The molecule has 0 aromatic heterocycles. The minimum Gasteiger partial charge on any atom is -0.296 e. The van der Waals surface area contributed by atoms with E-state index in [1.54, 1.807) is 0 Å². The maximum absolute atomic E-state index is 14.0. The number of hydrogen-bond donors (Lipinski definition) is 0. The third kappa shape index (κ3) is 1.63. The van der Waals surface area contributed by atoms with Crippen LogP contribution in [0.3, 0.4) is 0 Å². The van der Waals surface area contributed by atoms with Crippen LogP contribution in [0, 0.1) is 23.2 Å². The quantitative estimate of drug-likeness (QED) is 0.688. The summed E-state index contributed by atoms with van der Waals surface area (Å²) in [5.74, 6) is -3.75. The molecule has 0 amide bonds. The van der Waals surface area contributed by atoms with Crippen molar-refractivity contribution in [2.24, 2.45) is 23.2 Å². The fraction of sp³-hybridized carbons (Fsp3) is 1.00. The molecule has 0 bridgehead atoms. The summed E-state index contributed by atoms with van der Waals surface area (Å²) >= 11 is 0. The molecule has 0 spiro atoms. The van der Waals surface area contributed by atoms with E-state index in [1.807, 2.05) is 4.90 Å². The van der Waals surface area contributed by atoms with Gasteiger partial charge in [0.15, 0.2) is 0 Å². The van der Waals surface area contributed by atoms with E-state index in [0.29, 0.717) is 19.5 Å². The van der Waals surface area contributed by atoms with Crippen molar-refractivity contribution < 1.29 is 13.2 Å². The van der Waals surface area contributed by atoms with Crippen LogP contribution in [0.1, 0.15) is 27.2 Å². The van der Waals surface area contributed by atoms with E-state index >= 15 is 0 Å². The van der Waals surface area contributed by atoms with Gasteiger partial charge in [0.1, 0.15) is 6.17 Å². The average Bonchev–Trinajstić information content (AvgIpc) is 2.51. The molecular weight excluding hydrogens is 227 g/mol. The molecule has 5 unspecified atom stereocenters. The van der Waals surface area contributed by atoms with Gasteiger partial charge in [0, 0.05) is 36.9 Å². The Bertz CT molecular complexity index is 336. The molecule has 2 heterocycles. The highest BCUT2D eigenvalue weighted by Crippen LogP contribution is 2.65. The largest absolute Gasteiger partial charge is 0.296 e. The van der Waals surface area contributed by atoms with Crippen molar-refractivity contribution >= 4 is 0 Å². The van der Waals surface area contributed by atoms with Gasteiger partial charge in [-0.05, 0) is 11.8 Å². The lowest BCUT2D eigenvalue weighted by atomic mass is 9.79. The van der Waals surface area contributed by atoms with E-state index in [1.165, 1.54) is 0 Å². The molecule has 1 saturated carbocycles. The zero-order valence-electron chi connectivity index (χ0n) is 10.6. The summed E-state index contributed by atoms with van der Waals surface area (Å²) in [6.45, 7) is 6.94. The molecule has 4 heteroatoms. The predicted molar refractivity (Wildman–Crippen MR) is 59.7 cm³/mol. The molecule has 0 radical (unpaired) electrons. The molecule has 17 heavy (non-hydrogen) atoms. The maximum atomic E-state index is 14.0. The van der Waals surface area contributed by atoms with Gasteiger partial charge < -0.3 is 0 Å². The lowest BCUT2D eigenvalue weighted by Crippen LogP contribution is -2.36. The van der Waals surface area contributed by atoms with Gasteiger partial charge in [-0.15, -0.1) is 0 Å². The van der Waals surface area contributed by atoms with E-state index in [9.17, 15) is 13.2 Å². The van der Waals surface area contributed by atoms with Gasteiger partial charge in [0.25, 0.3) is 5.92 Å². The van der Waals surface area contributed by atoms with Crippen LogP contribution in [0.4, 0.5) is 13.2 Å². The number of rotatable bonds is 1. The van der Waals surface area contributed by atoms with Gasteiger partial charge in [-0.25, -0.2) is 13.2 Å². The Morgan fingerprint density at radius 3 is 2.47 bits per heavy atom. The van der Waals surface area contributed by atoms with Crippen LogP contribution in [0.25, 0.3) is 0 Å². The molecule has 5 atom stereocenters. The van der Waals surface area contributed by atoms with E-state index < -0.39 is 23.9 Å². The SMILES string of the molecule is CC(C)(C)CC1C(F)CN2CC3C(C12)C3(F)F. The molecule has 0 aromatic carbocycles. The van der Waals surface area contributed by atoms with E-state index in [2.05, 4.69) is 20.8 Å². The highest BCUT2D eigenvalue weighted by Gasteiger charge is 2.78. The molecule has 98 valence electrons. The third-order valence-electron chi connectivity index (χ3n) is 4.64. The maximum Gasteiger partial charge on any atom is 0.257 e. The standard InChI is InChI=1S/C13H20F3N/c1-12(2,3)4-7-9(14)6-17-5-8-10(11(7)17)13(8,15)16/h7-11H,4-6H2,1-3H3. The second-order valence-electron chi connectivity index (χ2n) is 7.20. The fourth-order valence-electron chi connectivity index (χ4n) is 3.98. The number of fused-ring (bicyclic) bond motifs is 3. The van der Waals surface area contributed by atoms with Crippen LogP contribution >= 0.6 is 0 Å². The minimum absolute atomic E-state index is 0.00722.